The molecule has 0 unspecified atom stereocenters. The molecular weight excluding hydrogens is 92.1 g/mol. The van der Waals surface area contributed by atoms with Gasteiger partial charge in [0.15, 0.2) is 0 Å². The molecule has 3 nitrogen and oxygen atoms in total. The Bertz CT molecular complexity index is 108. The predicted octanol–water partition coefficient (Wildman–Crippen LogP) is -0.158. The van der Waals surface area contributed by atoms with Gasteiger partial charge < -0.3 is 0 Å². The first kappa shape index (κ1) is 4.18. The Morgan fingerprint density at radius 3 is 2.86 bits per heavy atom. The lowest BCUT2D eigenvalue weighted by molar-refractivity contribution is 0.242. The number of rotatable bonds is 0. The largest absolute Gasteiger partial charge is 0.362 e. The van der Waals surface area contributed by atoms with Crippen molar-refractivity contribution in [1.82, 2.24) is 10.6 Å². The average molecular weight is 96.1 g/mol. The standard InChI is InChI=1S/C4H4N2O/c7-4-5-2-1-3-6-4/h1-2H,3H2. The summed E-state index contributed by atoms with van der Waals surface area (Å²) in [6, 6.07) is -0.373. The normalized spacial score (nSPS) is 18.0. The van der Waals surface area contributed by atoms with Gasteiger partial charge in [-0.3, -0.25) is 0 Å². The second-order valence-corrected chi connectivity index (χ2v) is 1.14. The minimum Gasteiger partial charge on any atom is -0.244 e. The molecule has 0 atom stereocenters. The number of carbonyl (C=O) groups excluding carboxylic acids is 1. The maximum atomic E-state index is 10.1. The van der Waals surface area contributed by atoms with Gasteiger partial charge in [-0.2, -0.15) is 0 Å². The van der Waals surface area contributed by atoms with Crippen LogP contribution in [0.15, 0.2) is 12.3 Å². The molecule has 2 amide bonds. The highest BCUT2D eigenvalue weighted by Crippen LogP contribution is 1.79. The van der Waals surface area contributed by atoms with Crippen molar-refractivity contribution in [1.29, 1.82) is 0 Å². The minimum absolute atomic E-state index is 0.373. The number of hydrogen-bond donors (Lipinski definition) is 0. The van der Waals surface area contributed by atoms with Crippen LogP contribution in [0.3, 0.4) is 0 Å². The average Bonchev–Trinajstić information content (AvgIpc) is 1.69. The van der Waals surface area contributed by atoms with E-state index in [2.05, 4.69) is 10.6 Å². The second kappa shape index (κ2) is 1.64. The van der Waals surface area contributed by atoms with Crippen LogP contribution >= 0.6 is 0 Å². The van der Waals surface area contributed by atoms with Crippen molar-refractivity contribution in [3.8, 4) is 0 Å². The summed E-state index contributed by atoms with van der Waals surface area (Å²) in [5.74, 6) is 0. The lowest BCUT2D eigenvalue weighted by Gasteiger charge is -1.98. The summed E-state index contributed by atoms with van der Waals surface area (Å²) in [6.45, 7) is 0.488. The summed E-state index contributed by atoms with van der Waals surface area (Å²) < 4.78 is 0. The summed E-state index contributed by atoms with van der Waals surface area (Å²) in [4.78, 5) is 10.1. The minimum atomic E-state index is -0.373. The fourth-order valence-electron chi connectivity index (χ4n) is 0.335. The van der Waals surface area contributed by atoms with Gasteiger partial charge in [-0.05, 0) is 6.08 Å². The Morgan fingerprint density at radius 1 is 1.71 bits per heavy atom. The van der Waals surface area contributed by atoms with Crippen molar-refractivity contribution in [3.63, 3.8) is 0 Å². The van der Waals surface area contributed by atoms with Crippen LogP contribution in [0.1, 0.15) is 0 Å². The summed E-state index contributed by atoms with van der Waals surface area (Å²) in [5.41, 5.74) is 0. The Morgan fingerprint density at radius 2 is 2.57 bits per heavy atom. The lowest BCUT2D eigenvalue weighted by atomic mass is 10.5. The van der Waals surface area contributed by atoms with E-state index in [0.29, 0.717) is 6.54 Å². The van der Waals surface area contributed by atoms with E-state index in [9.17, 15) is 4.79 Å². The van der Waals surface area contributed by atoms with Gasteiger partial charge in [-0.25, -0.2) is 15.4 Å². The van der Waals surface area contributed by atoms with Gasteiger partial charge in [0.1, 0.15) is 0 Å². The highest BCUT2D eigenvalue weighted by molar-refractivity contribution is 5.75. The third-order valence-corrected chi connectivity index (χ3v) is 0.622. The van der Waals surface area contributed by atoms with Crippen LogP contribution in [-0.2, 0) is 0 Å². The van der Waals surface area contributed by atoms with E-state index in [1.807, 2.05) is 0 Å². The third kappa shape index (κ3) is 0.924. The van der Waals surface area contributed by atoms with E-state index < -0.39 is 0 Å². The molecule has 0 spiro atoms. The zero-order valence-corrected chi connectivity index (χ0v) is 3.66. The first-order valence-corrected chi connectivity index (χ1v) is 1.97. The maximum absolute atomic E-state index is 10.1. The van der Waals surface area contributed by atoms with Gasteiger partial charge in [0.25, 0.3) is 0 Å². The number of urea groups is 1. The van der Waals surface area contributed by atoms with Gasteiger partial charge in [-0.1, -0.05) is 0 Å². The molecule has 1 aliphatic heterocycles. The zero-order chi connectivity index (χ0) is 5.11. The number of nitrogens with zero attached hydrogens (tertiary/aromatic N) is 2. The Labute approximate surface area is 41.4 Å². The van der Waals surface area contributed by atoms with Crippen molar-refractivity contribution < 1.29 is 4.79 Å². The van der Waals surface area contributed by atoms with E-state index in [1.165, 1.54) is 6.20 Å². The first-order chi connectivity index (χ1) is 3.39. The fraction of sp³-hybridized carbons (Fsp3) is 0.250. The molecule has 0 fully saturated rings. The number of amides is 2. The summed E-state index contributed by atoms with van der Waals surface area (Å²) >= 11 is 0. The van der Waals surface area contributed by atoms with E-state index in [0.717, 1.165) is 0 Å². The fourth-order valence-corrected chi connectivity index (χ4v) is 0.335. The highest BCUT2D eigenvalue weighted by atomic mass is 16.2. The van der Waals surface area contributed by atoms with E-state index in [1.54, 1.807) is 6.08 Å². The molecule has 0 bridgehead atoms. The molecule has 0 aliphatic carbocycles. The Balaban J connectivity index is 2.47. The summed E-state index contributed by atoms with van der Waals surface area (Å²) in [5, 5.41) is 6.78. The van der Waals surface area contributed by atoms with Crippen molar-refractivity contribution in [3.05, 3.63) is 12.3 Å². The van der Waals surface area contributed by atoms with Crippen LogP contribution in [0.2, 0.25) is 0 Å². The van der Waals surface area contributed by atoms with Crippen molar-refractivity contribution in [2.24, 2.45) is 0 Å². The molecule has 1 rings (SSSR count). The van der Waals surface area contributed by atoms with Gasteiger partial charge >= 0.3 is 6.03 Å². The van der Waals surface area contributed by atoms with Crippen LogP contribution in [0.5, 0.6) is 0 Å². The van der Waals surface area contributed by atoms with Crippen LogP contribution in [0, 0.1) is 0 Å². The van der Waals surface area contributed by atoms with E-state index in [-0.39, 0.29) is 6.03 Å². The first-order valence-electron chi connectivity index (χ1n) is 1.97. The van der Waals surface area contributed by atoms with E-state index >= 15 is 0 Å². The van der Waals surface area contributed by atoms with Crippen LogP contribution in [0.4, 0.5) is 4.79 Å². The van der Waals surface area contributed by atoms with Crippen LogP contribution < -0.4 is 10.6 Å². The molecule has 3 heteroatoms. The van der Waals surface area contributed by atoms with Crippen molar-refractivity contribution in [2.45, 2.75) is 0 Å². The monoisotopic (exact) mass is 96.0 g/mol. The molecule has 36 valence electrons. The van der Waals surface area contributed by atoms with E-state index in [4.69, 9.17) is 0 Å². The molecule has 0 aromatic rings. The van der Waals surface area contributed by atoms with Gasteiger partial charge in [0.05, 0.1) is 6.54 Å². The molecule has 0 saturated carbocycles. The molecule has 0 aromatic carbocycles. The SMILES string of the molecule is O=C1[N]C=CC[N]1. The predicted molar refractivity (Wildman–Crippen MR) is 23.7 cm³/mol. The molecule has 0 aromatic heterocycles. The molecule has 7 heavy (non-hydrogen) atoms. The molecular formula is C4H4N2O. The third-order valence-electron chi connectivity index (χ3n) is 0.622. The second-order valence-electron chi connectivity index (χ2n) is 1.14. The Hall–Kier alpha value is -0.990. The zero-order valence-electron chi connectivity index (χ0n) is 3.66. The smallest absolute Gasteiger partial charge is 0.244 e. The molecule has 0 saturated heterocycles. The molecule has 1 aliphatic rings. The summed E-state index contributed by atoms with van der Waals surface area (Å²) in [7, 11) is 0. The van der Waals surface area contributed by atoms with Crippen LogP contribution in [0.25, 0.3) is 0 Å². The molecule has 0 N–H and O–H groups in total. The molecule has 2 radical (unpaired) electrons. The number of hydrogen-bond acceptors (Lipinski definition) is 1. The highest BCUT2D eigenvalue weighted by Gasteiger charge is 2.01. The van der Waals surface area contributed by atoms with Crippen molar-refractivity contribution >= 4 is 6.03 Å². The van der Waals surface area contributed by atoms with Gasteiger partial charge in [0.2, 0.25) is 0 Å². The lowest BCUT2D eigenvalue weighted by Crippen LogP contribution is -2.24. The van der Waals surface area contributed by atoms with Crippen molar-refractivity contribution in [2.75, 3.05) is 6.54 Å². The van der Waals surface area contributed by atoms with Gasteiger partial charge in [-0.15, -0.1) is 0 Å². The summed E-state index contributed by atoms with van der Waals surface area (Å²) in [6.07, 6.45) is 3.19. The molecule has 1 heterocycles. The van der Waals surface area contributed by atoms with Gasteiger partial charge in [0, 0.05) is 6.20 Å². The Kier molecular flexibility index (Phi) is 0.978. The number of carbonyl (C=O) groups is 1. The van der Waals surface area contributed by atoms with Crippen LogP contribution in [-0.4, -0.2) is 12.6 Å². The maximum Gasteiger partial charge on any atom is 0.362 e. The quantitative estimate of drug-likeness (QED) is 0.413. The topological polar surface area (TPSA) is 45.3 Å².